The van der Waals surface area contributed by atoms with E-state index >= 15 is 0 Å². The van der Waals surface area contributed by atoms with Crippen molar-refractivity contribution in [2.24, 2.45) is 11.8 Å². The van der Waals surface area contributed by atoms with Crippen LogP contribution < -0.4 is 9.80 Å². The number of ether oxygens (including phenoxy) is 1. The number of hydrogen-bond acceptors (Lipinski definition) is 7. The lowest BCUT2D eigenvalue weighted by Gasteiger charge is -2.38. The molecule has 8 heteroatoms. The molecular formula is C17H28FN5O2. The van der Waals surface area contributed by atoms with Crippen LogP contribution in [0.15, 0.2) is 6.20 Å². The lowest BCUT2D eigenvalue weighted by molar-refractivity contribution is 0.122. The van der Waals surface area contributed by atoms with Gasteiger partial charge in [0.2, 0.25) is 5.95 Å². The summed E-state index contributed by atoms with van der Waals surface area (Å²) in [6, 6.07) is 0. The van der Waals surface area contributed by atoms with Crippen LogP contribution in [0.25, 0.3) is 0 Å². The highest BCUT2D eigenvalue weighted by molar-refractivity contribution is 5.45. The zero-order valence-corrected chi connectivity index (χ0v) is 15.1. The summed E-state index contributed by atoms with van der Waals surface area (Å²) in [6.45, 7) is 5.06. The fraction of sp³-hybridized carbons (Fsp3) is 0.765. The van der Waals surface area contributed by atoms with Crippen LogP contribution in [-0.2, 0) is 4.74 Å². The minimum absolute atomic E-state index is 0.151. The number of rotatable bonds is 5. The second kappa shape index (κ2) is 8.25. The van der Waals surface area contributed by atoms with E-state index in [0.717, 1.165) is 19.5 Å². The first kappa shape index (κ1) is 18.3. The molecule has 2 saturated heterocycles. The normalized spacial score (nSPS) is 24.8. The fourth-order valence-electron chi connectivity index (χ4n) is 3.76. The fourth-order valence-corrected chi connectivity index (χ4v) is 3.76. The summed E-state index contributed by atoms with van der Waals surface area (Å²) in [5, 5.41) is 9.65. The zero-order chi connectivity index (χ0) is 17.8. The van der Waals surface area contributed by atoms with Gasteiger partial charge in [0.1, 0.15) is 0 Å². The minimum atomic E-state index is -0.397. The molecule has 2 atom stereocenters. The van der Waals surface area contributed by atoms with Gasteiger partial charge in [-0.25, -0.2) is 9.37 Å². The van der Waals surface area contributed by atoms with Crippen molar-refractivity contribution in [3.8, 4) is 0 Å². The van der Waals surface area contributed by atoms with Crippen LogP contribution in [-0.4, -0.2) is 86.6 Å². The van der Waals surface area contributed by atoms with Crippen molar-refractivity contribution in [2.75, 3.05) is 76.4 Å². The van der Waals surface area contributed by atoms with Crippen LogP contribution in [0.3, 0.4) is 0 Å². The Bertz CT molecular complexity index is 568. The number of aliphatic hydroxyl groups excluding tert-OH is 1. The van der Waals surface area contributed by atoms with Crippen LogP contribution in [0, 0.1) is 17.7 Å². The van der Waals surface area contributed by atoms with Crippen LogP contribution in [0.2, 0.25) is 0 Å². The molecular weight excluding hydrogens is 325 g/mol. The van der Waals surface area contributed by atoms with Crippen molar-refractivity contribution in [3.63, 3.8) is 0 Å². The van der Waals surface area contributed by atoms with E-state index in [1.54, 1.807) is 0 Å². The molecule has 2 aliphatic rings. The number of aliphatic hydroxyl groups is 1. The third-order valence-corrected chi connectivity index (χ3v) is 4.81. The first-order valence-electron chi connectivity index (χ1n) is 8.92. The van der Waals surface area contributed by atoms with Crippen LogP contribution in [0.4, 0.5) is 16.2 Å². The topological polar surface area (TPSA) is 65.0 Å². The van der Waals surface area contributed by atoms with Gasteiger partial charge in [0, 0.05) is 39.3 Å². The maximum absolute atomic E-state index is 14.2. The van der Waals surface area contributed by atoms with E-state index in [0.29, 0.717) is 50.5 Å². The van der Waals surface area contributed by atoms with E-state index in [1.165, 1.54) is 6.20 Å². The predicted molar refractivity (Wildman–Crippen MR) is 94.5 cm³/mol. The van der Waals surface area contributed by atoms with Crippen molar-refractivity contribution >= 4 is 11.8 Å². The van der Waals surface area contributed by atoms with Gasteiger partial charge < -0.3 is 24.5 Å². The number of piperidine rings is 1. The number of halogens is 1. The molecule has 0 radical (unpaired) electrons. The van der Waals surface area contributed by atoms with Gasteiger partial charge in [-0.05, 0) is 32.4 Å². The maximum Gasteiger partial charge on any atom is 0.227 e. The Morgan fingerprint density at radius 2 is 1.96 bits per heavy atom. The molecule has 25 heavy (non-hydrogen) atoms. The number of hydrogen-bond donors (Lipinski definition) is 1. The Morgan fingerprint density at radius 3 is 2.64 bits per heavy atom. The van der Waals surface area contributed by atoms with Gasteiger partial charge in [0.05, 0.1) is 19.4 Å². The summed E-state index contributed by atoms with van der Waals surface area (Å²) in [7, 11) is 4.11. The molecule has 3 rings (SSSR count). The van der Waals surface area contributed by atoms with Crippen molar-refractivity contribution < 1.29 is 14.2 Å². The molecule has 7 nitrogen and oxygen atoms in total. The molecule has 1 aromatic heterocycles. The highest BCUT2D eigenvalue weighted by atomic mass is 19.1. The van der Waals surface area contributed by atoms with Gasteiger partial charge in [-0.15, -0.1) is 0 Å². The third-order valence-electron chi connectivity index (χ3n) is 4.81. The summed E-state index contributed by atoms with van der Waals surface area (Å²) < 4.78 is 19.6. The summed E-state index contributed by atoms with van der Waals surface area (Å²) in [5.74, 6) is 1.13. The Morgan fingerprint density at radius 1 is 1.24 bits per heavy atom. The summed E-state index contributed by atoms with van der Waals surface area (Å²) in [5.41, 5.74) is 0. The van der Waals surface area contributed by atoms with E-state index in [2.05, 4.69) is 33.9 Å². The van der Waals surface area contributed by atoms with Gasteiger partial charge in [-0.1, -0.05) is 0 Å². The quantitative estimate of drug-likeness (QED) is 0.824. The number of aromatic nitrogens is 2. The van der Waals surface area contributed by atoms with Crippen molar-refractivity contribution in [3.05, 3.63) is 12.0 Å². The smallest absolute Gasteiger partial charge is 0.227 e. The predicted octanol–water partition coefficient (Wildman–Crippen LogP) is 0.449. The second-order valence-corrected chi connectivity index (χ2v) is 7.26. The van der Waals surface area contributed by atoms with Crippen LogP contribution in [0.5, 0.6) is 0 Å². The molecule has 1 N–H and O–H groups in total. The molecule has 2 aliphatic heterocycles. The largest absolute Gasteiger partial charge is 0.396 e. The Labute approximate surface area is 148 Å². The van der Waals surface area contributed by atoms with Crippen molar-refractivity contribution in [1.29, 1.82) is 0 Å². The molecule has 2 fully saturated rings. The Balaban J connectivity index is 1.79. The van der Waals surface area contributed by atoms with Crippen molar-refractivity contribution in [1.82, 2.24) is 14.9 Å². The third kappa shape index (κ3) is 4.56. The average molecular weight is 353 g/mol. The molecule has 140 valence electrons. The van der Waals surface area contributed by atoms with Gasteiger partial charge in [-0.2, -0.15) is 4.98 Å². The van der Waals surface area contributed by atoms with Gasteiger partial charge >= 0.3 is 0 Å². The van der Waals surface area contributed by atoms with Gasteiger partial charge in [0.25, 0.3) is 0 Å². The summed E-state index contributed by atoms with van der Waals surface area (Å²) in [4.78, 5) is 14.9. The number of nitrogens with zero attached hydrogens (tertiary/aromatic N) is 5. The van der Waals surface area contributed by atoms with Crippen LogP contribution in [0.1, 0.15) is 6.42 Å². The van der Waals surface area contributed by atoms with Gasteiger partial charge in [-0.3, -0.25) is 0 Å². The summed E-state index contributed by atoms with van der Waals surface area (Å²) >= 11 is 0. The lowest BCUT2D eigenvalue weighted by Crippen LogP contribution is -2.45. The summed E-state index contributed by atoms with van der Waals surface area (Å²) in [6.07, 6.45) is 2.25. The van der Waals surface area contributed by atoms with E-state index in [1.807, 2.05) is 4.90 Å². The highest BCUT2D eigenvalue weighted by Crippen LogP contribution is 2.27. The minimum Gasteiger partial charge on any atom is -0.396 e. The molecule has 0 aliphatic carbocycles. The molecule has 0 spiro atoms. The monoisotopic (exact) mass is 353 g/mol. The van der Waals surface area contributed by atoms with E-state index in [-0.39, 0.29) is 12.5 Å². The molecule has 0 aromatic carbocycles. The zero-order valence-electron chi connectivity index (χ0n) is 15.1. The number of morpholine rings is 1. The molecule has 0 amide bonds. The molecule has 3 heterocycles. The molecule has 0 saturated carbocycles. The lowest BCUT2D eigenvalue weighted by atomic mass is 9.89. The number of anilines is 2. The van der Waals surface area contributed by atoms with E-state index in [9.17, 15) is 9.50 Å². The standard InChI is InChI=1S/C17H28FN5O2/c1-21(2)9-13-7-14(12-24)11-23(10-13)17-19-8-15(18)16(20-17)22-3-5-25-6-4-22/h8,13-14,24H,3-7,9-12H2,1-2H3/t13-,14+/m0/s1. The van der Waals surface area contributed by atoms with E-state index in [4.69, 9.17) is 4.74 Å². The molecule has 0 bridgehead atoms. The maximum atomic E-state index is 14.2. The SMILES string of the molecule is CN(C)C[C@@H]1C[C@@H](CO)CN(c2ncc(F)c(N3CCOCC3)n2)C1. The van der Waals surface area contributed by atoms with Crippen molar-refractivity contribution in [2.45, 2.75) is 6.42 Å². The average Bonchev–Trinajstić information content (AvgIpc) is 2.62. The van der Waals surface area contributed by atoms with E-state index < -0.39 is 5.82 Å². The first-order valence-corrected chi connectivity index (χ1v) is 8.92. The van der Waals surface area contributed by atoms with Gasteiger partial charge in [0.15, 0.2) is 11.6 Å². The Kier molecular flexibility index (Phi) is 6.03. The first-order chi connectivity index (χ1) is 12.1. The van der Waals surface area contributed by atoms with Crippen LogP contribution >= 0.6 is 0 Å². The molecule has 0 unspecified atom stereocenters. The second-order valence-electron chi connectivity index (χ2n) is 7.26. The highest BCUT2D eigenvalue weighted by Gasteiger charge is 2.29. The Hall–Kier alpha value is -1.51. The molecule has 1 aromatic rings.